The molecule has 1 fully saturated rings. The van der Waals surface area contributed by atoms with Gasteiger partial charge in [-0.2, -0.15) is 0 Å². The van der Waals surface area contributed by atoms with Gasteiger partial charge in [-0.3, -0.25) is 4.79 Å². The summed E-state index contributed by atoms with van der Waals surface area (Å²) in [5.74, 6) is -0.735. The van der Waals surface area contributed by atoms with Gasteiger partial charge in [0, 0.05) is 18.7 Å². The molecule has 18 heavy (non-hydrogen) atoms. The molecule has 1 amide bonds. The predicted octanol–water partition coefficient (Wildman–Crippen LogP) is 1.46. The van der Waals surface area contributed by atoms with Gasteiger partial charge in [-0.05, 0) is 34.1 Å². The van der Waals surface area contributed by atoms with Gasteiger partial charge in [-0.15, -0.1) is 0 Å². The Bertz CT molecular complexity index is 574. The van der Waals surface area contributed by atoms with Crippen molar-refractivity contribution >= 4 is 31.7 Å². The second-order valence-corrected chi connectivity index (χ2v) is 7.23. The summed E-state index contributed by atoms with van der Waals surface area (Å²) in [6, 6.07) is 4.00. The minimum atomic E-state index is -3.01. The van der Waals surface area contributed by atoms with Gasteiger partial charge < -0.3 is 4.90 Å². The van der Waals surface area contributed by atoms with Crippen molar-refractivity contribution in [1.29, 1.82) is 0 Å². The molecule has 1 heterocycles. The van der Waals surface area contributed by atoms with Crippen LogP contribution in [0.2, 0.25) is 0 Å². The Morgan fingerprint density at radius 3 is 2.44 bits per heavy atom. The van der Waals surface area contributed by atoms with E-state index in [0.29, 0.717) is 5.56 Å². The largest absolute Gasteiger partial charge is 0.337 e. The monoisotopic (exact) mass is 335 g/mol. The quantitative estimate of drug-likeness (QED) is 0.780. The highest BCUT2D eigenvalue weighted by Crippen LogP contribution is 2.18. The van der Waals surface area contributed by atoms with Crippen LogP contribution >= 0.6 is 15.9 Å². The minimum Gasteiger partial charge on any atom is -0.337 e. The minimum absolute atomic E-state index is 0.0128. The molecular weight excluding hydrogens is 325 g/mol. The van der Waals surface area contributed by atoms with E-state index in [-0.39, 0.29) is 35.0 Å². The predicted molar refractivity (Wildman–Crippen MR) is 68.7 cm³/mol. The highest BCUT2D eigenvalue weighted by molar-refractivity contribution is 9.10. The molecule has 0 unspecified atom stereocenters. The molecule has 0 radical (unpaired) electrons. The van der Waals surface area contributed by atoms with E-state index in [4.69, 9.17) is 0 Å². The Hall–Kier alpha value is -0.950. The maximum atomic E-state index is 13.1. The maximum absolute atomic E-state index is 13.1. The summed E-state index contributed by atoms with van der Waals surface area (Å²) in [6.07, 6.45) is 0. The third-order valence-electron chi connectivity index (χ3n) is 2.80. The smallest absolute Gasteiger partial charge is 0.253 e. The molecule has 1 saturated heterocycles. The Kier molecular flexibility index (Phi) is 3.72. The molecule has 4 nitrogen and oxygen atoms in total. The molecule has 0 spiro atoms. The molecule has 0 bridgehead atoms. The van der Waals surface area contributed by atoms with E-state index in [1.165, 1.54) is 23.1 Å². The van der Waals surface area contributed by atoms with Crippen molar-refractivity contribution in [3.63, 3.8) is 0 Å². The van der Waals surface area contributed by atoms with Crippen LogP contribution in [0.15, 0.2) is 22.7 Å². The van der Waals surface area contributed by atoms with E-state index in [0.717, 1.165) is 0 Å². The van der Waals surface area contributed by atoms with Crippen LogP contribution in [0.4, 0.5) is 4.39 Å². The van der Waals surface area contributed by atoms with Crippen LogP contribution in [0, 0.1) is 5.82 Å². The number of nitrogens with zero attached hydrogens (tertiary/aromatic N) is 1. The Labute approximate surface area is 113 Å². The normalized spacial score (nSPS) is 18.7. The number of halogens is 2. The first-order chi connectivity index (χ1) is 8.39. The molecule has 0 N–H and O–H groups in total. The Morgan fingerprint density at radius 1 is 1.28 bits per heavy atom. The van der Waals surface area contributed by atoms with Gasteiger partial charge in [-0.25, -0.2) is 12.8 Å². The zero-order valence-corrected chi connectivity index (χ0v) is 11.8. The van der Waals surface area contributed by atoms with E-state index < -0.39 is 15.7 Å². The van der Waals surface area contributed by atoms with Gasteiger partial charge in [0.25, 0.3) is 5.91 Å². The van der Waals surface area contributed by atoms with Crippen molar-refractivity contribution in [2.45, 2.75) is 0 Å². The second kappa shape index (κ2) is 4.97. The average molecular weight is 336 g/mol. The van der Waals surface area contributed by atoms with Crippen molar-refractivity contribution < 1.29 is 17.6 Å². The fourth-order valence-corrected chi connectivity index (χ4v) is 3.31. The van der Waals surface area contributed by atoms with E-state index in [1.807, 2.05) is 0 Å². The lowest BCUT2D eigenvalue weighted by atomic mass is 10.2. The number of carbonyl (C=O) groups is 1. The third kappa shape index (κ3) is 2.89. The van der Waals surface area contributed by atoms with Crippen molar-refractivity contribution in [3.05, 3.63) is 34.1 Å². The van der Waals surface area contributed by atoms with Crippen LogP contribution in [0.1, 0.15) is 10.4 Å². The van der Waals surface area contributed by atoms with Crippen molar-refractivity contribution in [3.8, 4) is 0 Å². The van der Waals surface area contributed by atoms with Crippen LogP contribution in [-0.2, 0) is 9.84 Å². The van der Waals surface area contributed by atoms with Gasteiger partial charge in [0.15, 0.2) is 9.84 Å². The number of hydrogen-bond donors (Lipinski definition) is 0. The Morgan fingerprint density at radius 2 is 1.89 bits per heavy atom. The van der Waals surface area contributed by atoms with Gasteiger partial charge in [0.05, 0.1) is 16.0 Å². The Balaban J connectivity index is 2.15. The topological polar surface area (TPSA) is 54.5 Å². The summed E-state index contributed by atoms with van der Waals surface area (Å²) in [5.41, 5.74) is 0.350. The van der Waals surface area contributed by atoms with E-state index in [1.54, 1.807) is 0 Å². The maximum Gasteiger partial charge on any atom is 0.253 e. The van der Waals surface area contributed by atoms with E-state index in [9.17, 15) is 17.6 Å². The molecule has 1 aliphatic heterocycles. The number of amides is 1. The molecule has 0 atom stereocenters. The fraction of sp³-hybridized carbons (Fsp3) is 0.364. The molecule has 7 heteroatoms. The summed E-state index contributed by atoms with van der Waals surface area (Å²) in [5, 5.41) is 0. The van der Waals surface area contributed by atoms with Crippen LogP contribution < -0.4 is 0 Å². The van der Waals surface area contributed by atoms with E-state index in [2.05, 4.69) is 15.9 Å². The number of hydrogen-bond acceptors (Lipinski definition) is 3. The lowest BCUT2D eigenvalue weighted by Crippen LogP contribution is -2.43. The van der Waals surface area contributed by atoms with Crippen molar-refractivity contribution in [2.24, 2.45) is 0 Å². The summed E-state index contributed by atoms with van der Waals surface area (Å²) in [4.78, 5) is 13.5. The lowest BCUT2D eigenvalue weighted by Gasteiger charge is -2.26. The molecule has 1 aliphatic rings. The highest BCUT2D eigenvalue weighted by atomic mass is 79.9. The van der Waals surface area contributed by atoms with Crippen molar-refractivity contribution in [1.82, 2.24) is 4.90 Å². The van der Waals surface area contributed by atoms with E-state index >= 15 is 0 Å². The molecule has 1 aromatic rings. The first-order valence-electron chi connectivity index (χ1n) is 5.34. The summed E-state index contributed by atoms with van der Waals surface area (Å²) >= 11 is 3.01. The van der Waals surface area contributed by atoms with Crippen molar-refractivity contribution in [2.75, 3.05) is 24.6 Å². The fourth-order valence-electron chi connectivity index (χ4n) is 1.73. The third-order valence-corrected chi connectivity index (χ3v) is 5.02. The molecular formula is C11H11BrFNO3S. The molecule has 98 valence electrons. The van der Waals surface area contributed by atoms with Crippen LogP contribution in [0.25, 0.3) is 0 Å². The molecule has 0 saturated carbocycles. The molecule has 0 aliphatic carbocycles. The molecule has 1 aromatic carbocycles. The zero-order valence-electron chi connectivity index (χ0n) is 9.40. The van der Waals surface area contributed by atoms with Crippen LogP contribution in [0.5, 0.6) is 0 Å². The summed E-state index contributed by atoms with van der Waals surface area (Å²) < 4.78 is 35.8. The number of carbonyl (C=O) groups excluding carboxylic acids is 1. The number of benzene rings is 1. The standard InChI is InChI=1S/C11H11BrFNO3S/c12-9-7-8(1-2-10(9)13)11(15)14-3-5-18(16,17)6-4-14/h1-2,7H,3-6H2. The molecule has 2 rings (SSSR count). The van der Waals surface area contributed by atoms with Gasteiger partial charge in [0.1, 0.15) is 5.82 Å². The van der Waals surface area contributed by atoms with Gasteiger partial charge in [0.2, 0.25) is 0 Å². The number of rotatable bonds is 1. The summed E-state index contributed by atoms with van der Waals surface area (Å²) in [7, 11) is -3.01. The zero-order chi connectivity index (χ0) is 13.3. The number of sulfone groups is 1. The second-order valence-electron chi connectivity index (χ2n) is 4.07. The molecule has 0 aromatic heterocycles. The van der Waals surface area contributed by atoms with Gasteiger partial charge in [-0.1, -0.05) is 0 Å². The van der Waals surface area contributed by atoms with Crippen LogP contribution in [-0.4, -0.2) is 43.8 Å². The first kappa shape index (κ1) is 13.5. The lowest BCUT2D eigenvalue weighted by molar-refractivity contribution is 0.0770. The van der Waals surface area contributed by atoms with Gasteiger partial charge >= 0.3 is 0 Å². The first-order valence-corrected chi connectivity index (χ1v) is 7.95. The SMILES string of the molecule is O=C(c1ccc(F)c(Br)c1)N1CCS(=O)(=O)CC1. The summed E-state index contributed by atoms with van der Waals surface area (Å²) in [6.45, 7) is 0.381. The highest BCUT2D eigenvalue weighted by Gasteiger charge is 2.25. The van der Waals surface area contributed by atoms with Crippen LogP contribution in [0.3, 0.4) is 0 Å². The average Bonchev–Trinajstić information content (AvgIpc) is 2.32.